The zero-order valence-electron chi connectivity index (χ0n) is 11.4. The molecule has 20 heavy (non-hydrogen) atoms. The van der Waals surface area contributed by atoms with Gasteiger partial charge in [-0.15, -0.1) is 0 Å². The van der Waals surface area contributed by atoms with Gasteiger partial charge in [0.15, 0.2) is 10.4 Å². The number of H-pyrrole nitrogens is 1. The number of ether oxygens (including phenoxy) is 1. The second kappa shape index (κ2) is 4.53. The number of hydrogen-bond acceptors (Lipinski definition) is 5. The molecule has 1 aliphatic heterocycles. The van der Waals surface area contributed by atoms with E-state index in [1.807, 2.05) is 0 Å². The lowest BCUT2D eigenvalue weighted by Gasteiger charge is -2.15. The summed E-state index contributed by atoms with van der Waals surface area (Å²) in [6, 6.07) is 1.21. The molecular formula is C13H17N5OS. The Bertz CT molecular complexity index is 704. The monoisotopic (exact) mass is 291 g/mol. The molecule has 2 aromatic heterocycles. The van der Waals surface area contributed by atoms with Crippen LogP contribution in [0.1, 0.15) is 25.3 Å². The maximum Gasteiger partial charge on any atom is 0.242 e. The number of fused-ring (bicyclic) bond motifs is 1. The van der Waals surface area contributed by atoms with E-state index >= 15 is 0 Å². The van der Waals surface area contributed by atoms with Crippen molar-refractivity contribution in [2.45, 2.75) is 31.3 Å². The first-order chi connectivity index (χ1) is 9.78. The summed E-state index contributed by atoms with van der Waals surface area (Å²) < 4.78 is 8.12. The van der Waals surface area contributed by atoms with Gasteiger partial charge in [-0.25, -0.2) is 4.98 Å². The molecule has 1 unspecified atom stereocenters. The van der Waals surface area contributed by atoms with Gasteiger partial charge in [0, 0.05) is 19.1 Å². The molecule has 1 aliphatic carbocycles. The maximum atomic E-state index is 5.48. The van der Waals surface area contributed by atoms with E-state index in [9.17, 15) is 0 Å². The largest absolute Gasteiger partial charge is 0.479 e. The van der Waals surface area contributed by atoms with Gasteiger partial charge in [-0.2, -0.15) is 4.98 Å². The average molecular weight is 291 g/mol. The molecule has 0 spiro atoms. The molecule has 2 aromatic rings. The van der Waals surface area contributed by atoms with Crippen molar-refractivity contribution < 1.29 is 4.74 Å². The van der Waals surface area contributed by atoms with Crippen LogP contribution < -0.4 is 4.74 Å². The fourth-order valence-electron chi connectivity index (χ4n) is 3.16. The predicted octanol–water partition coefficient (Wildman–Crippen LogP) is 1.91. The lowest BCUT2D eigenvalue weighted by atomic mass is 10.2. The van der Waals surface area contributed by atoms with Gasteiger partial charge in [0.25, 0.3) is 0 Å². The van der Waals surface area contributed by atoms with E-state index in [0.717, 1.165) is 36.7 Å². The van der Waals surface area contributed by atoms with Crippen molar-refractivity contribution in [3.8, 4) is 5.88 Å². The van der Waals surface area contributed by atoms with E-state index in [2.05, 4.69) is 24.4 Å². The molecule has 2 fully saturated rings. The molecule has 6 nitrogen and oxygen atoms in total. The molecule has 1 saturated carbocycles. The van der Waals surface area contributed by atoms with Gasteiger partial charge in [0.2, 0.25) is 5.88 Å². The van der Waals surface area contributed by atoms with E-state index < -0.39 is 0 Å². The normalized spacial score (nSPS) is 23.6. The highest BCUT2D eigenvalue weighted by atomic mass is 32.1. The molecule has 1 saturated heterocycles. The molecule has 2 aliphatic rings. The molecule has 0 bridgehead atoms. The van der Waals surface area contributed by atoms with Crippen LogP contribution in [0, 0.1) is 4.77 Å². The molecule has 0 aromatic carbocycles. The Morgan fingerprint density at radius 3 is 2.90 bits per heavy atom. The quantitative estimate of drug-likeness (QED) is 0.875. The number of hydrogen-bond donors (Lipinski definition) is 1. The summed E-state index contributed by atoms with van der Waals surface area (Å²) in [5.74, 6) is 0.553. The second-order valence-electron chi connectivity index (χ2n) is 5.55. The van der Waals surface area contributed by atoms with Crippen molar-refractivity contribution in [2.24, 2.45) is 0 Å². The van der Waals surface area contributed by atoms with Crippen LogP contribution in [0.15, 0.2) is 6.33 Å². The summed E-state index contributed by atoms with van der Waals surface area (Å²) in [4.78, 5) is 14.3. The van der Waals surface area contributed by atoms with E-state index in [-0.39, 0.29) is 0 Å². The van der Waals surface area contributed by atoms with E-state index in [1.54, 1.807) is 7.11 Å². The molecule has 1 atom stereocenters. The van der Waals surface area contributed by atoms with Crippen molar-refractivity contribution in [1.82, 2.24) is 24.4 Å². The zero-order chi connectivity index (χ0) is 13.7. The smallest absolute Gasteiger partial charge is 0.242 e. The van der Waals surface area contributed by atoms with Crippen LogP contribution in [0.3, 0.4) is 0 Å². The van der Waals surface area contributed by atoms with Crippen molar-refractivity contribution in [1.29, 1.82) is 0 Å². The van der Waals surface area contributed by atoms with Gasteiger partial charge in [-0.05, 0) is 31.5 Å². The van der Waals surface area contributed by atoms with Crippen molar-refractivity contribution >= 4 is 23.4 Å². The molecular weight excluding hydrogens is 274 g/mol. The minimum Gasteiger partial charge on any atom is -0.479 e. The number of aromatic nitrogens is 4. The van der Waals surface area contributed by atoms with Crippen LogP contribution in [0.4, 0.5) is 0 Å². The number of imidazole rings is 1. The molecule has 7 heteroatoms. The maximum absolute atomic E-state index is 5.48. The predicted molar refractivity (Wildman–Crippen MR) is 77.5 cm³/mol. The zero-order valence-corrected chi connectivity index (χ0v) is 12.2. The Hall–Kier alpha value is -1.47. The molecule has 106 valence electrons. The van der Waals surface area contributed by atoms with Gasteiger partial charge in [0.05, 0.1) is 13.2 Å². The Labute approximate surface area is 121 Å². The first-order valence-corrected chi connectivity index (χ1v) is 7.42. The summed E-state index contributed by atoms with van der Waals surface area (Å²) >= 11 is 5.48. The number of aromatic amines is 1. The minimum absolute atomic E-state index is 0.399. The molecule has 4 rings (SSSR count). The highest BCUT2D eigenvalue weighted by Crippen LogP contribution is 2.35. The third kappa shape index (κ3) is 1.84. The van der Waals surface area contributed by atoms with E-state index in [4.69, 9.17) is 17.0 Å². The summed E-state index contributed by atoms with van der Waals surface area (Å²) in [6.45, 7) is 2.23. The number of nitrogens with one attached hydrogen (secondary N) is 1. The van der Waals surface area contributed by atoms with Crippen LogP contribution in [0.25, 0.3) is 11.2 Å². The van der Waals surface area contributed by atoms with Gasteiger partial charge in [-0.1, -0.05) is 0 Å². The van der Waals surface area contributed by atoms with Crippen LogP contribution in [0.2, 0.25) is 0 Å². The van der Waals surface area contributed by atoms with Crippen molar-refractivity contribution in [3.05, 3.63) is 11.1 Å². The van der Waals surface area contributed by atoms with Gasteiger partial charge >= 0.3 is 0 Å². The van der Waals surface area contributed by atoms with E-state index in [0.29, 0.717) is 16.7 Å². The second-order valence-corrected chi connectivity index (χ2v) is 5.94. The number of likely N-dealkylation sites (tertiary alicyclic amines) is 1. The number of rotatable bonds is 3. The van der Waals surface area contributed by atoms with Crippen molar-refractivity contribution in [3.63, 3.8) is 0 Å². The summed E-state index contributed by atoms with van der Waals surface area (Å²) in [7, 11) is 1.61. The molecule has 0 amide bonds. The van der Waals surface area contributed by atoms with Crippen LogP contribution in [-0.2, 0) is 0 Å². The van der Waals surface area contributed by atoms with Crippen LogP contribution in [-0.4, -0.2) is 50.7 Å². The highest BCUT2D eigenvalue weighted by molar-refractivity contribution is 7.71. The lowest BCUT2D eigenvalue weighted by molar-refractivity contribution is 0.314. The minimum atomic E-state index is 0.399. The fourth-order valence-corrected chi connectivity index (χ4v) is 3.50. The van der Waals surface area contributed by atoms with Gasteiger partial charge < -0.3 is 9.72 Å². The molecule has 0 radical (unpaired) electrons. The van der Waals surface area contributed by atoms with E-state index in [1.165, 1.54) is 19.2 Å². The van der Waals surface area contributed by atoms with Crippen LogP contribution >= 0.6 is 12.2 Å². The van der Waals surface area contributed by atoms with Gasteiger partial charge in [0.1, 0.15) is 11.8 Å². The number of methoxy groups -OCH3 is 1. The third-order valence-corrected chi connectivity index (χ3v) is 4.59. The Morgan fingerprint density at radius 2 is 2.15 bits per heavy atom. The average Bonchev–Trinajstić information content (AvgIpc) is 3.09. The van der Waals surface area contributed by atoms with Gasteiger partial charge in [-0.3, -0.25) is 9.47 Å². The third-order valence-electron chi connectivity index (χ3n) is 4.29. The fraction of sp³-hybridized carbons (Fsp3) is 0.615. The van der Waals surface area contributed by atoms with Crippen LogP contribution in [0.5, 0.6) is 5.88 Å². The lowest BCUT2D eigenvalue weighted by Crippen LogP contribution is -2.23. The first-order valence-electron chi connectivity index (χ1n) is 7.01. The Balaban J connectivity index is 1.76. The summed E-state index contributed by atoms with van der Waals surface area (Å²) in [6.07, 6.45) is 5.36. The highest BCUT2D eigenvalue weighted by Gasteiger charge is 2.35. The summed E-state index contributed by atoms with van der Waals surface area (Å²) in [5.41, 5.74) is 1.65. The number of nitrogens with zero attached hydrogens (tertiary/aromatic N) is 4. The molecule has 1 N–H and O–H groups in total. The standard InChI is InChI=1S/C13H17N5OS/c1-19-12-10-11(14-7-15-12)18(13(20)16-10)9-4-5-17(6-9)8-2-3-8/h7-9H,2-6H2,1H3,(H,16,20). The summed E-state index contributed by atoms with van der Waals surface area (Å²) in [5, 5.41) is 0. The first kappa shape index (κ1) is 12.3. The Kier molecular flexibility index (Phi) is 2.78. The Morgan fingerprint density at radius 1 is 1.30 bits per heavy atom. The van der Waals surface area contributed by atoms with Crippen molar-refractivity contribution in [2.75, 3.05) is 20.2 Å². The topological polar surface area (TPSA) is 59.0 Å². The SMILES string of the molecule is COc1ncnc2c1[nH]c(=S)n2C1CCN(C2CC2)C1. The molecule has 3 heterocycles.